The van der Waals surface area contributed by atoms with Crippen molar-refractivity contribution in [2.75, 3.05) is 7.05 Å². The summed E-state index contributed by atoms with van der Waals surface area (Å²) in [4.78, 5) is 4.10. The average Bonchev–Trinajstić information content (AvgIpc) is 2.78. The Morgan fingerprint density at radius 2 is 1.46 bits per heavy atom. The van der Waals surface area contributed by atoms with Gasteiger partial charge < -0.3 is 9.80 Å². The van der Waals surface area contributed by atoms with Crippen molar-refractivity contribution in [2.24, 2.45) is 0 Å². The van der Waals surface area contributed by atoms with Crippen LogP contribution in [0.1, 0.15) is 12.5 Å². The highest BCUT2D eigenvalue weighted by molar-refractivity contribution is 6.39. The van der Waals surface area contributed by atoms with Crippen LogP contribution < -0.4 is 0 Å². The molecule has 1 aliphatic heterocycles. The summed E-state index contributed by atoms with van der Waals surface area (Å²) in [6.45, 7) is 2.84. The van der Waals surface area contributed by atoms with E-state index in [0.29, 0.717) is 10.3 Å². The molecule has 0 aromatic heterocycles. The molecular formula is C20H18Cl2N2. The summed E-state index contributed by atoms with van der Waals surface area (Å²) in [5, 5.41) is 6.25. The van der Waals surface area contributed by atoms with E-state index in [1.165, 1.54) is 27.1 Å². The molecule has 3 aromatic rings. The van der Waals surface area contributed by atoms with Crippen LogP contribution in [0.4, 0.5) is 0 Å². The Balaban J connectivity index is 1.72. The summed E-state index contributed by atoms with van der Waals surface area (Å²) in [6.07, 6.45) is 0.150. The fourth-order valence-electron chi connectivity index (χ4n) is 3.29. The van der Waals surface area contributed by atoms with Gasteiger partial charge >= 0.3 is 0 Å². The lowest BCUT2D eigenvalue weighted by atomic mass is 10.0. The van der Waals surface area contributed by atoms with E-state index < -0.39 is 0 Å². The van der Waals surface area contributed by atoms with Gasteiger partial charge in [0.2, 0.25) is 0 Å². The van der Waals surface area contributed by atoms with Gasteiger partial charge in [-0.15, -0.1) is 0 Å². The van der Waals surface area contributed by atoms with E-state index in [9.17, 15) is 0 Å². The fraction of sp³-hybridized carbons (Fsp3) is 0.200. The molecule has 3 aromatic carbocycles. The van der Waals surface area contributed by atoms with Crippen LogP contribution in [0, 0.1) is 0 Å². The molecule has 0 amide bonds. The van der Waals surface area contributed by atoms with Gasteiger partial charge in [0.05, 0.1) is 0 Å². The second-order valence-corrected chi connectivity index (χ2v) is 7.05. The molecule has 4 heteroatoms. The topological polar surface area (TPSA) is 6.48 Å². The van der Waals surface area contributed by atoms with E-state index >= 15 is 0 Å². The lowest BCUT2D eigenvalue weighted by Gasteiger charge is -2.28. The highest BCUT2D eigenvalue weighted by Gasteiger charge is 2.31. The standard InChI is InChI=1S/C20H18Cl2N2/c1-13-23(2)19(21)20(22)24(13)12-14-7-8-17-10-15-5-3-4-6-16(15)11-18(17)9-14/h3-11,13H,12H2,1-2H3. The third kappa shape index (κ3) is 2.51. The molecule has 0 spiro atoms. The van der Waals surface area contributed by atoms with Crippen molar-refractivity contribution < 1.29 is 0 Å². The molecule has 122 valence electrons. The summed E-state index contributed by atoms with van der Waals surface area (Å²) in [5.74, 6) is 0. The third-order valence-corrected chi connectivity index (χ3v) is 5.80. The summed E-state index contributed by atoms with van der Waals surface area (Å²) in [5.41, 5.74) is 1.22. The second kappa shape index (κ2) is 5.87. The minimum Gasteiger partial charge on any atom is -0.343 e. The van der Waals surface area contributed by atoms with Crippen LogP contribution in [0.5, 0.6) is 0 Å². The van der Waals surface area contributed by atoms with Gasteiger partial charge in [-0.25, -0.2) is 0 Å². The predicted octanol–water partition coefficient (Wildman–Crippen LogP) is 5.69. The first-order chi connectivity index (χ1) is 11.5. The van der Waals surface area contributed by atoms with Gasteiger partial charge in [0.25, 0.3) is 0 Å². The number of benzene rings is 3. The molecule has 24 heavy (non-hydrogen) atoms. The molecule has 0 saturated carbocycles. The van der Waals surface area contributed by atoms with Crippen molar-refractivity contribution in [3.8, 4) is 0 Å². The van der Waals surface area contributed by atoms with Crippen LogP contribution in [-0.2, 0) is 6.54 Å². The van der Waals surface area contributed by atoms with Crippen molar-refractivity contribution in [1.82, 2.24) is 9.80 Å². The Bertz CT molecular complexity index is 964. The second-order valence-electron chi connectivity index (χ2n) is 6.33. The molecule has 0 aliphatic carbocycles. The van der Waals surface area contributed by atoms with E-state index in [1.807, 2.05) is 11.9 Å². The summed E-state index contributed by atoms with van der Waals surface area (Å²) in [7, 11) is 1.96. The Morgan fingerprint density at radius 1 is 0.833 bits per heavy atom. The summed E-state index contributed by atoms with van der Waals surface area (Å²) < 4.78 is 0. The average molecular weight is 357 g/mol. The highest BCUT2D eigenvalue weighted by Crippen LogP contribution is 2.34. The molecule has 0 saturated heterocycles. The van der Waals surface area contributed by atoms with Crippen LogP contribution in [0.25, 0.3) is 21.5 Å². The first-order valence-electron chi connectivity index (χ1n) is 8.01. The molecule has 1 heterocycles. The van der Waals surface area contributed by atoms with Gasteiger partial charge in [-0.1, -0.05) is 59.6 Å². The minimum atomic E-state index is 0.150. The smallest absolute Gasteiger partial charge is 0.142 e. The zero-order valence-electron chi connectivity index (χ0n) is 13.6. The summed E-state index contributed by atoms with van der Waals surface area (Å²) in [6, 6.07) is 19.5. The number of rotatable bonds is 2. The number of nitrogens with zero attached hydrogens (tertiary/aromatic N) is 2. The normalized spacial score (nSPS) is 18.2. The molecule has 1 unspecified atom stereocenters. The fourth-order valence-corrected chi connectivity index (χ4v) is 3.87. The molecular weight excluding hydrogens is 339 g/mol. The number of hydrogen-bond acceptors (Lipinski definition) is 2. The van der Waals surface area contributed by atoms with E-state index in [4.69, 9.17) is 23.2 Å². The maximum atomic E-state index is 6.40. The third-order valence-electron chi connectivity index (χ3n) is 4.87. The first-order valence-corrected chi connectivity index (χ1v) is 8.76. The van der Waals surface area contributed by atoms with E-state index in [1.54, 1.807) is 0 Å². The van der Waals surface area contributed by atoms with Crippen molar-refractivity contribution in [1.29, 1.82) is 0 Å². The minimum absolute atomic E-state index is 0.150. The van der Waals surface area contributed by atoms with Crippen molar-refractivity contribution in [3.05, 3.63) is 70.5 Å². The van der Waals surface area contributed by atoms with Crippen LogP contribution in [0.15, 0.2) is 64.9 Å². The van der Waals surface area contributed by atoms with E-state index in [2.05, 4.69) is 66.4 Å². The SMILES string of the molecule is CC1N(C)C(Cl)=C(Cl)N1Cc1ccc2cc3ccccc3cc2c1. The maximum Gasteiger partial charge on any atom is 0.142 e. The predicted molar refractivity (Wildman–Crippen MR) is 103 cm³/mol. The van der Waals surface area contributed by atoms with Crippen LogP contribution in [0.2, 0.25) is 0 Å². The molecule has 0 N–H and O–H groups in total. The first kappa shape index (κ1) is 15.6. The largest absolute Gasteiger partial charge is 0.343 e. The van der Waals surface area contributed by atoms with Gasteiger partial charge in [-0.3, -0.25) is 0 Å². The number of hydrogen-bond donors (Lipinski definition) is 0. The Hall–Kier alpha value is -1.90. The highest BCUT2D eigenvalue weighted by atomic mass is 35.5. The Labute approximate surface area is 151 Å². The molecule has 4 rings (SSSR count). The van der Waals surface area contributed by atoms with Crippen molar-refractivity contribution in [2.45, 2.75) is 19.6 Å². The maximum absolute atomic E-state index is 6.40. The van der Waals surface area contributed by atoms with Crippen molar-refractivity contribution >= 4 is 44.7 Å². The quantitative estimate of drug-likeness (QED) is 0.429. The lowest BCUT2D eigenvalue weighted by Crippen LogP contribution is -2.34. The Kier molecular flexibility index (Phi) is 3.82. The lowest BCUT2D eigenvalue weighted by molar-refractivity contribution is 0.183. The van der Waals surface area contributed by atoms with Crippen LogP contribution in [0.3, 0.4) is 0 Å². The molecule has 0 fully saturated rings. The van der Waals surface area contributed by atoms with Crippen LogP contribution >= 0.6 is 23.2 Å². The van der Waals surface area contributed by atoms with Gasteiger partial charge in [0, 0.05) is 13.6 Å². The molecule has 2 nitrogen and oxygen atoms in total. The zero-order chi connectivity index (χ0) is 16.8. The van der Waals surface area contributed by atoms with Gasteiger partial charge in [-0.05, 0) is 52.2 Å². The molecule has 0 radical (unpaired) electrons. The van der Waals surface area contributed by atoms with Gasteiger partial charge in [0.15, 0.2) is 0 Å². The van der Waals surface area contributed by atoms with Gasteiger partial charge in [0.1, 0.15) is 16.5 Å². The number of fused-ring (bicyclic) bond motifs is 2. The molecule has 1 atom stereocenters. The zero-order valence-corrected chi connectivity index (χ0v) is 15.1. The monoisotopic (exact) mass is 356 g/mol. The van der Waals surface area contributed by atoms with E-state index in [-0.39, 0.29) is 6.17 Å². The molecule has 0 bridgehead atoms. The van der Waals surface area contributed by atoms with Crippen molar-refractivity contribution in [3.63, 3.8) is 0 Å². The van der Waals surface area contributed by atoms with Crippen LogP contribution in [-0.4, -0.2) is 23.0 Å². The summed E-state index contributed by atoms with van der Waals surface area (Å²) >= 11 is 12.7. The Morgan fingerprint density at radius 3 is 2.08 bits per heavy atom. The van der Waals surface area contributed by atoms with E-state index in [0.717, 1.165) is 6.54 Å². The number of halogens is 2. The molecule has 1 aliphatic rings. The van der Waals surface area contributed by atoms with Gasteiger partial charge in [-0.2, -0.15) is 0 Å².